The van der Waals surface area contributed by atoms with Gasteiger partial charge in [-0.3, -0.25) is 0 Å². The van der Waals surface area contributed by atoms with E-state index >= 15 is 0 Å². The minimum absolute atomic E-state index is 0.329. The molecule has 0 amide bonds. The molecule has 2 unspecified atom stereocenters. The van der Waals surface area contributed by atoms with Gasteiger partial charge in [0.25, 0.3) is 0 Å². The summed E-state index contributed by atoms with van der Waals surface area (Å²) < 4.78 is 0. The van der Waals surface area contributed by atoms with Gasteiger partial charge >= 0.3 is 0 Å². The van der Waals surface area contributed by atoms with Crippen LogP contribution in [0.5, 0.6) is 0 Å². The Kier molecular flexibility index (Phi) is 2.45. The first-order valence-corrected chi connectivity index (χ1v) is 3.22. The van der Waals surface area contributed by atoms with E-state index in [1.54, 1.807) is 0 Å². The first kappa shape index (κ1) is 8.03. The second-order valence-corrected chi connectivity index (χ2v) is 2.23. The maximum Gasteiger partial charge on any atom is 0.123 e. The maximum absolute atomic E-state index is 9.22. The number of nitrogens with zero attached hydrogens (tertiary/aromatic N) is 3. The topological polar surface area (TPSA) is 79.1 Å². The Morgan fingerprint density at radius 1 is 1.45 bits per heavy atom. The molecule has 0 bridgehead atoms. The van der Waals surface area contributed by atoms with E-state index in [0.29, 0.717) is 5.69 Å². The van der Waals surface area contributed by atoms with Gasteiger partial charge in [-0.1, -0.05) is 0 Å². The Labute approximate surface area is 63.7 Å². The van der Waals surface area contributed by atoms with E-state index in [2.05, 4.69) is 15.4 Å². The van der Waals surface area contributed by atoms with Crippen LogP contribution in [0.1, 0.15) is 18.7 Å². The van der Waals surface area contributed by atoms with E-state index in [4.69, 9.17) is 5.11 Å². The van der Waals surface area contributed by atoms with Crippen molar-refractivity contribution >= 4 is 0 Å². The van der Waals surface area contributed by atoms with E-state index < -0.39 is 12.2 Å². The Balaban J connectivity index is 2.77. The lowest BCUT2D eigenvalue weighted by Crippen LogP contribution is -2.15. The number of hydrogen-bond donors (Lipinski definition) is 2. The van der Waals surface area contributed by atoms with Gasteiger partial charge in [0.1, 0.15) is 6.10 Å². The SMILES string of the molecule is CC(O)C(O)c1ccnnn1. The molecule has 0 aliphatic heterocycles. The molecule has 1 aromatic heterocycles. The number of aromatic nitrogens is 3. The molecule has 0 aromatic carbocycles. The van der Waals surface area contributed by atoms with Crippen LogP contribution in [0, 0.1) is 0 Å². The monoisotopic (exact) mass is 155 g/mol. The molecule has 5 nitrogen and oxygen atoms in total. The van der Waals surface area contributed by atoms with Crippen molar-refractivity contribution in [2.45, 2.75) is 19.1 Å². The molecular formula is C6H9N3O2. The second-order valence-electron chi connectivity index (χ2n) is 2.23. The van der Waals surface area contributed by atoms with Crippen molar-refractivity contribution in [3.05, 3.63) is 18.0 Å². The van der Waals surface area contributed by atoms with Gasteiger partial charge in [-0.05, 0) is 18.2 Å². The number of rotatable bonds is 2. The molecule has 0 fully saturated rings. The Morgan fingerprint density at radius 3 is 2.64 bits per heavy atom. The standard InChI is InChI=1S/C6H9N3O2/c1-4(10)6(11)5-2-3-7-9-8-5/h2-4,6,10-11H,1H3. The molecule has 0 aliphatic carbocycles. The quantitative estimate of drug-likeness (QED) is 0.589. The normalized spacial score (nSPS) is 15.9. The highest BCUT2D eigenvalue weighted by Crippen LogP contribution is 2.11. The first-order valence-electron chi connectivity index (χ1n) is 3.22. The van der Waals surface area contributed by atoms with Gasteiger partial charge in [-0.25, -0.2) is 0 Å². The van der Waals surface area contributed by atoms with E-state index in [1.807, 2.05) is 0 Å². The van der Waals surface area contributed by atoms with Crippen molar-refractivity contribution in [1.29, 1.82) is 0 Å². The average Bonchev–Trinajstić information content (AvgIpc) is 2.05. The molecule has 60 valence electrons. The van der Waals surface area contributed by atoms with Crippen LogP contribution < -0.4 is 0 Å². The highest BCUT2D eigenvalue weighted by atomic mass is 16.3. The maximum atomic E-state index is 9.22. The van der Waals surface area contributed by atoms with Crippen LogP contribution in [0.2, 0.25) is 0 Å². The summed E-state index contributed by atoms with van der Waals surface area (Å²) in [5.74, 6) is 0. The lowest BCUT2D eigenvalue weighted by molar-refractivity contribution is 0.0271. The fraction of sp³-hybridized carbons (Fsp3) is 0.500. The molecule has 2 N–H and O–H groups in total. The van der Waals surface area contributed by atoms with Crippen LogP contribution in [0.4, 0.5) is 0 Å². The van der Waals surface area contributed by atoms with E-state index in [-0.39, 0.29) is 0 Å². The third-order valence-corrected chi connectivity index (χ3v) is 1.28. The van der Waals surface area contributed by atoms with Crippen LogP contribution in [-0.2, 0) is 0 Å². The van der Waals surface area contributed by atoms with Crippen molar-refractivity contribution in [3.8, 4) is 0 Å². The fourth-order valence-electron chi connectivity index (χ4n) is 0.655. The van der Waals surface area contributed by atoms with Gasteiger partial charge in [0.05, 0.1) is 18.0 Å². The number of aliphatic hydroxyl groups excluding tert-OH is 2. The van der Waals surface area contributed by atoms with Gasteiger partial charge in [0.2, 0.25) is 0 Å². The summed E-state index contributed by atoms with van der Waals surface area (Å²) >= 11 is 0. The van der Waals surface area contributed by atoms with Crippen LogP contribution >= 0.6 is 0 Å². The van der Waals surface area contributed by atoms with Crippen LogP contribution in [0.25, 0.3) is 0 Å². The number of hydrogen-bond acceptors (Lipinski definition) is 5. The average molecular weight is 155 g/mol. The zero-order chi connectivity index (χ0) is 8.27. The van der Waals surface area contributed by atoms with Crippen LogP contribution in [0.15, 0.2) is 12.3 Å². The van der Waals surface area contributed by atoms with Crippen molar-refractivity contribution in [3.63, 3.8) is 0 Å². The van der Waals surface area contributed by atoms with E-state index in [0.717, 1.165) is 0 Å². The second kappa shape index (κ2) is 3.36. The first-order chi connectivity index (χ1) is 5.22. The van der Waals surface area contributed by atoms with Gasteiger partial charge in [-0.2, -0.15) is 0 Å². The van der Waals surface area contributed by atoms with E-state index in [9.17, 15) is 5.11 Å². The van der Waals surface area contributed by atoms with Gasteiger partial charge < -0.3 is 10.2 Å². The molecule has 0 aliphatic rings. The fourth-order valence-corrected chi connectivity index (χ4v) is 0.655. The smallest absolute Gasteiger partial charge is 0.123 e. The summed E-state index contributed by atoms with van der Waals surface area (Å²) in [6.45, 7) is 1.48. The molecule has 5 heteroatoms. The molecule has 0 radical (unpaired) electrons. The third-order valence-electron chi connectivity index (χ3n) is 1.28. The highest BCUT2D eigenvalue weighted by molar-refractivity contribution is 5.00. The van der Waals surface area contributed by atoms with Crippen molar-refractivity contribution in [2.75, 3.05) is 0 Å². The predicted molar refractivity (Wildman–Crippen MR) is 36.5 cm³/mol. The highest BCUT2D eigenvalue weighted by Gasteiger charge is 2.14. The van der Waals surface area contributed by atoms with Crippen molar-refractivity contribution in [1.82, 2.24) is 15.4 Å². The molecule has 1 heterocycles. The molecule has 1 rings (SSSR count). The predicted octanol–water partition coefficient (Wildman–Crippen LogP) is -0.714. The summed E-state index contributed by atoms with van der Waals surface area (Å²) in [5, 5.41) is 28.4. The van der Waals surface area contributed by atoms with Gasteiger partial charge in [0.15, 0.2) is 0 Å². The Morgan fingerprint density at radius 2 is 2.18 bits per heavy atom. The lowest BCUT2D eigenvalue weighted by atomic mass is 10.2. The number of aliphatic hydroxyl groups is 2. The Bertz CT molecular complexity index is 214. The van der Waals surface area contributed by atoms with Gasteiger partial charge in [-0.15, -0.1) is 10.2 Å². The minimum atomic E-state index is -0.981. The molecule has 2 atom stereocenters. The summed E-state index contributed by atoms with van der Waals surface area (Å²) in [6.07, 6.45) is -0.411. The van der Waals surface area contributed by atoms with Crippen LogP contribution in [-0.4, -0.2) is 31.7 Å². The molecule has 0 saturated carbocycles. The minimum Gasteiger partial charge on any atom is -0.390 e. The van der Waals surface area contributed by atoms with E-state index in [1.165, 1.54) is 19.2 Å². The summed E-state index contributed by atoms with van der Waals surface area (Å²) in [5.41, 5.74) is 0.329. The third kappa shape index (κ3) is 1.92. The summed E-state index contributed by atoms with van der Waals surface area (Å²) in [7, 11) is 0. The molecule has 0 spiro atoms. The van der Waals surface area contributed by atoms with Crippen molar-refractivity contribution in [2.24, 2.45) is 0 Å². The molecule has 0 saturated heterocycles. The van der Waals surface area contributed by atoms with Crippen molar-refractivity contribution < 1.29 is 10.2 Å². The largest absolute Gasteiger partial charge is 0.390 e. The lowest BCUT2D eigenvalue weighted by Gasteiger charge is -2.10. The molecular weight excluding hydrogens is 146 g/mol. The summed E-state index contributed by atoms with van der Waals surface area (Å²) in [6, 6.07) is 1.50. The summed E-state index contributed by atoms with van der Waals surface area (Å²) in [4.78, 5) is 0. The van der Waals surface area contributed by atoms with Gasteiger partial charge in [0, 0.05) is 0 Å². The molecule has 1 aromatic rings. The van der Waals surface area contributed by atoms with Crippen LogP contribution in [0.3, 0.4) is 0 Å². The Hall–Kier alpha value is -1.07. The zero-order valence-corrected chi connectivity index (χ0v) is 6.05. The zero-order valence-electron chi connectivity index (χ0n) is 6.05. The molecule has 11 heavy (non-hydrogen) atoms.